The summed E-state index contributed by atoms with van der Waals surface area (Å²) in [6.45, 7) is 31.2. The highest BCUT2D eigenvalue weighted by Crippen LogP contribution is 2.40. The second kappa shape index (κ2) is 20.5. The number of hydrogen-bond donors (Lipinski definition) is 4. The van der Waals surface area contributed by atoms with Gasteiger partial charge in [0.25, 0.3) is 0 Å². The van der Waals surface area contributed by atoms with Crippen LogP contribution >= 0.6 is 31.9 Å². The van der Waals surface area contributed by atoms with Crippen LogP contribution in [0.4, 0.5) is 11.4 Å². The number of benzene rings is 3. The highest BCUT2D eigenvalue weighted by atomic mass is 79.9. The van der Waals surface area contributed by atoms with E-state index >= 15 is 0 Å². The first kappa shape index (κ1) is 53.5. The molecule has 0 unspecified atom stereocenters. The van der Waals surface area contributed by atoms with Crippen molar-refractivity contribution in [3.05, 3.63) is 114 Å². The molecule has 0 atom stereocenters. The molecule has 0 amide bonds. The molecule has 21 heteroatoms. The fraction of sp³-hybridized carbons (Fsp3) is 0.340. The molecule has 0 spiro atoms. The molecular formula is C53H60BBr2N11O7. The van der Waals surface area contributed by atoms with E-state index in [1.807, 2.05) is 123 Å². The van der Waals surface area contributed by atoms with Gasteiger partial charge in [0.15, 0.2) is 0 Å². The first-order valence-corrected chi connectivity index (χ1v) is 25.4. The van der Waals surface area contributed by atoms with E-state index in [0.29, 0.717) is 11.4 Å². The first-order chi connectivity index (χ1) is 34.8. The lowest BCUT2D eigenvalue weighted by atomic mass is 9.77. The molecule has 18 nitrogen and oxygen atoms in total. The van der Waals surface area contributed by atoms with Crippen LogP contribution in [0.5, 0.6) is 0 Å². The standard InChI is InChI=1S/C18H18N4O2.C13H12BrN3O.C11H18BNO3.C11H12BrN3O/c1-8-16(10(3)23-21-8)13-6-14(17-9(2)22-24-11(17)4)18-15(7-13)19-12(5)20-18;1-6-12(7(2)18-17-6)9-4-10(14)13-11(5-9)15-8(3)16-13;1-7-9(8(2)14-13-7)12-15-10(3,4)11(5,6)16-12;1-5-10(6(2)16-15-5)7-3-8(12)11(14)9(13)4-7/h6-7H,1-5H3,(H,19,20);4-5H,1-3H3,(H,15,16);1-6H3;3-4H,13-14H2,1-2H3. The van der Waals surface area contributed by atoms with Gasteiger partial charge in [-0.25, -0.2) is 9.97 Å². The largest absolute Gasteiger partial charge is 0.500 e. The van der Waals surface area contributed by atoms with E-state index < -0.39 is 0 Å². The van der Waals surface area contributed by atoms with Crippen LogP contribution in [0.3, 0.4) is 0 Å². The van der Waals surface area contributed by atoms with Crippen LogP contribution in [-0.4, -0.2) is 64.0 Å². The Morgan fingerprint density at radius 1 is 0.459 bits per heavy atom. The quantitative estimate of drug-likeness (QED) is 0.0922. The normalized spacial score (nSPS) is 13.7. The Balaban J connectivity index is 0.000000134. The molecule has 11 rings (SSSR count). The van der Waals surface area contributed by atoms with Crippen molar-refractivity contribution >= 4 is 77.9 Å². The van der Waals surface area contributed by atoms with Crippen LogP contribution in [0.25, 0.3) is 66.6 Å². The van der Waals surface area contributed by atoms with Gasteiger partial charge in [-0.15, -0.1) is 0 Å². The summed E-state index contributed by atoms with van der Waals surface area (Å²) in [5, 5.41) is 20.0. The molecule has 3 aromatic carbocycles. The van der Waals surface area contributed by atoms with Crippen LogP contribution in [-0.2, 0) is 9.31 Å². The summed E-state index contributed by atoms with van der Waals surface area (Å²) < 4.78 is 39.8. The molecule has 10 aromatic rings. The monoisotopic (exact) mass is 1130 g/mol. The maximum absolute atomic E-state index is 5.95. The molecule has 0 bridgehead atoms. The van der Waals surface area contributed by atoms with E-state index in [4.69, 9.17) is 43.4 Å². The Bertz CT molecular complexity index is 3570. The first-order valence-electron chi connectivity index (χ1n) is 23.8. The third-order valence-corrected chi connectivity index (χ3v) is 14.6. The van der Waals surface area contributed by atoms with Crippen LogP contribution < -0.4 is 16.9 Å². The Morgan fingerprint density at radius 3 is 1.26 bits per heavy atom. The number of nitrogens with one attached hydrogen (secondary N) is 2. The van der Waals surface area contributed by atoms with Gasteiger partial charge in [0.1, 0.15) is 46.0 Å². The van der Waals surface area contributed by atoms with Gasteiger partial charge in [-0.05, 0) is 196 Å². The molecule has 1 aliphatic rings. The molecule has 74 heavy (non-hydrogen) atoms. The van der Waals surface area contributed by atoms with Crippen molar-refractivity contribution in [2.45, 2.75) is 122 Å². The van der Waals surface area contributed by atoms with Crippen molar-refractivity contribution in [1.82, 2.24) is 45.7 Å². The molecule has 1 aliphatic heterocycles. The zero-order valence-corrected chi connectivity index (χ0v) is 47.6. The minimum Gasteiger partial charge on any atom is -0.399 e. The highest BCUT2D eigenvalue weighted by Gasteiger charge is 2.53. The van der Waals surface area contributed by atoms with E-state index in [1.54, 1.807) is 0 Å². The number of H-pyrrole nitrogens is 2. The molecule has 0 aliphatic carbocycles. The topological polar surface area (TPSA) is 258 Å². The van der Waals surface area contributed by atoms with Crippen molar-refractivity contribution in [2.75, 3.05) is 11.5 Å². The van der Waals surface area contributed by atoms with Gasteiger partial charge in [0.2, 0.25) is 0 Å². The van der Waals surface area contributed by atoms with E-state index in [2.05, 4.69) is 102 Å². The highest BCUT2D eigenvalue weighted by molar-refractivity contribution is 9.11. The number of hydrogen-bond acceptors (Lipinski definition) is 16. The van der Waals surface area contributed by atoms with Gasteiger partial charge in [-0.1, -0.05) is 25.8 Å². The number of aromatic amines is 2. The predicted molar refractivity (Wildman–Crippen MR) is 294 cm³/mol. The summed E-state index contributed by atoms with van der Waals surface area (Å²) in [6.07, 6.45) is 0. The van der Waals surface area contributed by atoms with Gasteiger partial charge in [0, 0.05) is 42.2 Å². The number of aromatic nitrogens is 9. The van der Waals surface area contributed by atoms with E-state index in [-0.39, 0.29) is 18.3 Å². The van der Waals surface area contributed by atoms with Gasteiger partial charge >= 0.3 is 7.12 Å². The lowest BCUT2D eigenvalue weighted by Crippen LogP contribution is -2.41. The number of nitrogens with two attached hydrogens (primary N) is 2. The lowest BCUT2D eigenvalue weighted by Gasteiger charge is -2.32. The van der Waals surface area contributed by atoms with Crippen molar-refractivity contribution in [3.63, 3.8) is 0 Å². The molecule has 8 heterocycles. The molecule has 386 valence electrons. The molecule has 7 aromatic heterocycles. The van der Waals surface area contributed by atoms with Gasteiger partial charge in [0.05, 0.1) is 67.6 Å². The maximum Gasteiger partial charge on any atom is 0.500 e. The minimum atomic E-state index is -0.378. The van der Waals surface area contributed by atoms with Crippen LogP contribution in [0.15, 0.2) is 68.0 Å². The molecular weight excluding hydrogens is 1070 g/mol. The average molecular weight is 1130 g/mol. The van der Waals surface area contributed by atoms with Gasteiger partial charge in [-0.2, -0.15) is 0 Å². The summed E-state index contributed by atoms with van der Waals surface area (Å²) in [6, 6.07) is 12.1. The number of imidazole rings is 2. The van der Waals surface area contributed by atoms with E-state index in [9.17, 15) is 0 Å². The summed E-state index contributed by atoms with van der Waals surface area (Å²) in [7, 11) is -0.378. The smallest absolute Gasteiger partial charge is 0.399 e. The number of nitrogens with zero attached hydrogens (tertiary/aromatic N) is 7. The third kappa shape index (κ3) is 10.3. The SMILES string of the molecule is Cc1nc2c(-c3c(C)noc3C)cc(-c3c(C)noc3C)cc2[nH]1.Cc1nc2c(Br)cc(-c3c(C)noc3C)cc2[nH]1.Cc1noc(C)c1-c1cc(N)c(N)c(Br)c1.Cc1noc(C)c1B1OC(C)(C)C(C)(C)O1. The van der Waals surface area contributed by atoms with Crippen molar-refractivity contribution in [2.24, 2.45) is 0 Å². The van der Waals surface area contributed by atoms with Crippen molar-refractivity contribution < 1.29 is 31.9 Å². The summed E-state index contributed by atoms with van der Waals surface area (Å²) in [4.78, 5) is 15.7. The maximum atomic E-state index is 5.95. The second-order valence-corrected chi connectivity index (χ2v) is 21.2. The fourth-order valence-electron chi connectivity index (χ4n) is 9.04. The number of rotatable bonds is 5. The third-order valence-electron chi connectivity index (χ3n) is 13.4. The molecule has 0 saturated carbocycles. The summed E-state index contributed by atoms with van der Waals surface area (Å²) in [5.41, 5.74) is 29.2. The Kier molecular flexibility index (Phi) is 14.8. The van der Waals surface area contributed by atoms with Crippen LogP contribution in [0.1, 0.15) is 96.6 Å². The zero-order valence-electron chi connectivity index (χ0n) is 44.4. The fourth-order valence-corrected chi connectivity index (χ4v) is 10.1. The Morgan fingerprint density at radius 2 is 0.838 bits per heavy atom. The van der Waals surface area contributed by atoms with Crippen molar-refractivity contribution in [1.29, 1.82) is 0 Å². The average Bonchev–Trinajstić information content (AvgIpc) is 4.22. The van der Waals surface area contributed by atoms with E-state index in [1.165, 1.54) is 0 Å². The van der Waals surface area contributed by atoms with Crippen LogP contribution in [0, 0.1) is 83.1 Å². The van der Waals surface area contributed by atoms with E-state index in [0.717, 1.165) is 150 Å². The Hall–Kier alpha value is -6.81. The molecule has 1 fully saturated rings. The number of fused-ring (bicyclic) bond motifs is 2. The lowest BCUT2D eigenvalue weighted by molar-refractivity contribution is 0.00578. The number of nitrogen functional groups attached to an aromatic ring is 2. The van der Waals surface area contributed by atoms with Crippen LogP contribution in [0.2, 0.25) is 0 Å². The molecule has 6 N–H and O–H groups in total. The van der Waals surface area contributed by atoms with Gasteiger partial charge < -0.3 is 53.4 Å². The summed E-state index contributed by atoms with van der Waals surface area (Å²) >= 11 is 6.94. The van der Waals surface area contributed by atoms with Crippen molar-refractivity contribution in [3.8, 4) is 44.5 Å². The molecule has 0 radical (unpaired) electrons. The minimum absolute atomic E-state index is 0.326. The predicted octanol–water partition coefficient (Wildman–Crippen LogP) is 12.8. The number of aryl methyl sites for hydroxylation is 12. The summed E-state index contributed by atoms with van der Waals surface area (Å²) in [5.74, 6) is 5.72. The zero-order chi connectivity index (χ0) is 53.9. The Labute approximate surface area is 445 Å². The molecule has 1 saturated heterocycles. The van der Waals surface area contributed by atoms with Gasteiger partial charge in [-0.3, -0.25) is 0 Å². The number of halogens is 2. The number of anilines is 2. The second-order valence-electron chi connectivity index (χ2n) is 19.5.